The van der Waals surface area contributed by atoms with Gasteiger partial charge >= 0.3 is 0 Å². The van der Waals surface area contributed by atoms with E-state index >= 15 is 0 Å². The van der Waals surface area contributed by atoms with Crippen molar-refractivity contribution in [3.63, 3.8) is 0 Å². The monoisotopic (exact) mass is 417 g/mol. The number of anilines is 1. The Hall–Kier alpha value is -3.24. The molecule has 0 fully saturated rings. The van der Waals surface area contributed by atoms with Crippen LogP contribution in [-0.2, 0) is 4.79 Å². The van der Waals surface area contributed by atoms with Gasteiger partial charge in [-0.3, -0.25) is 14.4 Å². The predicted octanol–water partition coefficient (Wildman–Crippen LogP) is 5.54. The number of carbonyl (C=O) groups is 3. The lowest BCUT2D eigenvalue weighted by molar-refractivity contribution is -0.116. The van der Waals surface area contributed by atoms with Gasteiger partial charge in [-0.15, -0.1) is 0 Å². The fourth-order valence-electron chi connectivity index (χ4n) is 3.97. The van der Waals surface area contributed by atoms with Crippen LogP contribution >= 0.6 is 11.6 Å². The van der Waals surface area contributed by atoms with Gasteiger partial charge in [-0.25, -0.2) is 0 Å². The molecule has 0 radical (unpaired) electrons. The molecule has 4 nitrogen and oxygen atoms in total. The minimum Gasteiger partial charge on any atom is -0.325 e. The zero-order chi connectivity index (χ0) is 21.1. The molecule has 5 heteroatoms. The zero-order valence-corrected chi connectivity index (χ0v) is 16.9. The average molecular weight is 418 g/mol. The Balaban J connectivity index is 1.72. The second kappa shape index (κ2) is 8.64. The number of rotatable bonds is 5. The minimum atomic E-state index is -0.632. The van der Waals surface area contributed by atoms with E-state index in [-0.39, 0.29) is 30.3 Å². The van der Waals surface area contributed by atoms with Crippen LogP contribution in [0.4, 0.5) is 5.69 Å². The Morgan fingerprint density at radius 3 is 2.33 bits per heavy atom. The lowest BCUT2D eigenvalue weighted by atomic mass is 9.76. The molecule has 3 aromatic rings. The lowest BCUT2D eigenvalue weighted by Crippen LogP contribution is -2.26. The van der Waals surface area contributed by atoms with Crippen molar-refractivity contribution in [1.29, 1.82) is 0 Å². The lowest BCUT2D eigenvalue weighted by Gasteiger charge is -2.25. The molecule has 0 aromatic heterocycles. The topological polar surface area (TPSA) is 63.2 Å². The summed E-state index contributed by atoms with van der Waals surface area (Å²) in [5.41, 5.74) is 2.40. The Morgan fingerprint density at radius 1 is 0.933 bits per heavy atom. The van der Waals surface area contributed by atoms with Crippen molar-refractivity contribution in [3.8, 4) is 0 Å². The summed E-state index contributed by atoms with van der Waals surface area (Å²) in [6.45, 7) is 0. The van der Waals surface area contributed by atoms with E-state index in [0.29, 0.717) is 21.8 Å². The third kappa shape index (κ3) is 4.19. The van der Waals surface area contributed by atoms with E-state index in [9.17, 15) is 14.4 Å². The van der Waals surface area contributed by atoms with E-state index in [2.05, 4.69) is 5.32 Å². The number of ketones is 2. The van der Waals surface area contributed by atoms with Gasteiger partial charge in [-0.05, 0) is 42.0 Å². The van der Waals surface area contributed by atoms with Crippen LogP contribution in [0.1, 0.15) is 45.0 Å². The number of fused-ring (bicyclic) bond motifs is 1. The maximum atomic E-state index is 13.4. The Kier molecular flexibility index (Phi) is 5.77. The molecule has 1 N–H and O–H groups in total. The van der Waals surface area contributed by atoms with Crippen LogP contribution < -0.4 is 5.32 Å². The van der Waals surface area contributed by atoms with Gasteiger partial charge in [-0.2, -0.15) is 0 Å². The van der Waals surface area contributed by atoms with E-state index < -0.39 is 11.8 Å². The molecule has 2 unspecified atom stereocenters. The van der Waals surface area contributed by atoms with Crippen LogP contribution in [0.15, 0.2) is 78.9 Å². The molecule has 4 rings (SSSR count). The molecule has 1 aliphatic rings. The van der Waals surface area contributed by atoms with Gasteiger partial charge in [-0.1, -0.05) is 54.1 Å². The number of hydrogen-bond donors (Lipinski definition) is 1. The molecule has 2 atom stereocenters. The molecular weight excluding hydrogens is 398 g/mol. The molecule has 0 spiro atoms. The summed E-state index contributed by atoms with van der Waals surface area (Å²) >= 11 is 5.94. The van der Waals surface area contributed by atoms with Gasteiger partial charge in [0.2, 0.25) is 5.91 Å². The number of para-hydroxylation sites is 1. The second-order valence-corrected chi connectivity index (χ2v) is 7.86. The summed E-state index contributed by atoms with van der Waals surface area (Å²) < 4.78 is 0. The van der Waals surface area contributed by atoms with E-state index in [1.165, 1.54) is 0 Å². The number of nitrogens with one attached hydrogen (secondary N) is 1. The zero-order valence-electron chi connectivity index (χ0n) is 16.2. The van der Waals surface area contributed by atoms with Gasteiger partial charge in [0.15, 0.2) is 11.6 Å². The summed E-state index contributed by atoms with van der Waals surface area (Å²) in [6, 6.07) is 23.2. The average Bonchev–Trinajstić information content (AvgIpc) is 2.89. The van der Waals surface area contributed by atoms with Crippen LogP contribution in [0, 0.1) is 5.92 Å². The molecule has 1 heterocycles. The minimum absolute atomic E-state index is 0.0287. The summed E-state index contributed by atoms with van der Waals surface area (Å²) in [6.07, 6.45) is 0.151. The third-order valence-electron chi connectivity index (χ3n) is 5.49. The van der Waals surface area contributed by atoms with Gasteiger partial charge in [0, 0.05) is 40.8 Å². The van der Waals surface area contributed by atoms with Crippen molar-refractivity contribution in [2.45, 2.75) is 18.8 Å². The maximum absolute atomic E-state index is 13.4. The molecule has 1 amide bonds. The van der Waals surface area contributed by atoms with Crippen molar-refractivity contribution in [2.24, 2.45) is 5.92 Å². The van der Waals surface area contributed by atoms with Crippen molar-refractivity contribution in [2.75, 3.05) is 5.32 Å². The first kappa shape index (κ1) is 20.0. The smallest absolute Gasteiger partial charge is 0.225 e. The summed E-state index contributed by atoms with van der Waals surface area (Å²) in [5.74, 6) is -1.49. The van der Waals surface area contributed by atoms with Crippen molar-refractivity contribution >= 4 is 34.8 Å². The second-order valence-electron chi connectivity index (χ2n) is 7.42. The van der Waals surface area contributed by atoms with Crippen LogP contribution in [0.25, 0.3) is 0 Å². The van der Waals surface area contributed by atoms with Gasteiger partial charge in [0.25, 0.3) is 0 Å². The molecule has 0 saturated carbocycles. The van der Waals surface area contributed by atoms with Gasteiger partial charge < -0.3 is 5.32 Å². The number of Topliss-reactive ketones (excluding diaryl/α,β-unsaturated/α-hetero) is 2. The van der Waals surface area contributed by atoms with Gasteiger partial charge in [0.1, 0.15) is 0 Å². The van der Waals surface area contributed by atoms with E-state index in [1.54, 1.807) is 48.5 Å². The highest BCUT2D eigenvalue weighted by molar-refractivity contribution is 6.30. The Labute approximate surface area is 179 Å². The van der Waals surface area contributed by atoms with E-state index in [4.69, 9.17) is 11.6 Å². The summed E-state index contributed by atoms with van der Waals surface area (Å²) in [5, 5.41) is 3.38. The molecule has 1 aliphatic heterocycles. The molecular formula is C25H20ClNO3. The molecule has 30 heavy (non-hydrogen) atoms. The molecule has 0 aliphatic carbocycles. The molecule has 0 bridgehead atoms. The number of benzene rings is 3. The van der Waals surface area contributed by atoms with Crippen LogP contribution in [0.5, 0.6) is 0 Å². The SMILES string of the molecule is O=C1CC(C(CC(=O)c2ccc(Cl)cc2)c2ccccc2)C(=O)c2ccccc2N1. The van der Waals surface area contributed by atoms with Crippen molar-refractivity contribution in [3.05, 3.63) is 101 Å². The first-order chi connectivity index (χ1) is 14.5. The molecule has 150 valence electrons. The van der Waals surface area contributed by atoms with Crippen LogP contribution in [0.3, 0.4) is 0 Å². The summed E-state index contributed by atoms with van der Waals surface area (Å²) in [7, 11) is 0. The first-order valence-corrected chi connectivity index (χ1v) is 10.2. The number of amides is 1. The van der Waals surface area contributed by atoms with Gasteiger partial charge in [0.05, 0.1) is 5.69 Å². The Bertz CT molecular complexity index is 1090. The highest BCUT2D eigenvalue weighted by Gasteiger charge is 2.36. The first-order valence-electron chi connectivity index (χ1n) is 9.80. The summed E-state index contributed by atoms with van der Waals surface area (Å²) in [4.78, 5) is 39.1. The maximum Gasteiger partial charge on any atom is 0.225 e. The number of carbonyl (C=O) groups excluding carboxylic acids is 3. The van der Waals surface area contributed by atoms with Crippen LogP contribution in [0.2, 0.25) is 5.02 Å². The van der Waals surface area contributed by atoms with Crippen molar-refractivity contribution < 1.29 is 14.4 Å². The molecule has 3 aromatic carbocycles. The quantitative estimate of drug-likeness (QED) is 0.554. The largest absolute Gasteiger partial charge is 0.325 e. The Morgan fingerprint density at radius 2 is 1.60 bits per heavy atom. The van der Waals surface area contributed by atoms with Crippen LogP contribution in [-0.4, -0.2) is 17.5 Å². The normalized spacial score (nSPS) is 16.9. The van der Waals surface area contributed by atoms with E-state index in [1.807, 2.05) is 30.3 Å². The number of hydrogen-bond acceptors (Lipinski definition) is 3. The standard InChI is InChI=1S/C25H20ClNO3/c26-18-12-10-17(11-13-18)23(28)14-20(16-6-2-1-3-7-16)21-15-24(29)27-22-9-5-4-8-19(22)25(21)30/h1-13,20-21H,14-15H2,(H,27,29). The van der Waals surface area contributed by atoms with E-state index in [0.717, 1.165) is 5.56 Å². The third-order valence-corrected chi connectivity index (χ3v) is 5.75. The highest BCUT2D eigenvalue weighted by atomic mass is 35.5. The fourth-order valence-corrected chi connectivity index (χ4v) is 4.10. The highest BCUT2D eigenvalue weighted by Crippen LogP contribution is 2.37. The fraction of sp³-hybridized carbons (Fsp3) is 0.160. The van der Waals surface area contributed by atoms with Crippen molar-refractivity contribution in [1.82, 2.24) is 0 Å². The predicted molar refractivity (Wildman–Crippen MR) is 117 cm³/mol. The number of halogens is 1. The molecule has 0 saturated heterocycles.